The topological polar surface area (TPSA) is 119 Å². The van der Waals surface area contributed by atoms with Crippen LogP contribution in [-0.2, 0) is 24.4 Å². The van der Waals surface area contributed by atoms with E-state index in [1.54, 1.807) is 18.2 Å². The van der Waals surface area contributed by atoms with Crippen LogP contribution in [0.1, 0.15) is 29.6 Å². The highest BCUT2D eigenvalue weighted by atomic mass is 127. The van der Waals surface area contributed by atoms with Crippen molar-refractivity contribution < 1.29 is 54.3 Å². The molecule has 2 bridgehead atoms. The van der Waals surface area contributed by atoms with Crippen LogP contribution < -0.4 is 4.74 Å². The van der Waals surface area contributed by atoms with Gasteiger partial charge in [0.25, 0.3) is 5.79 Å². The zero-order valence-corrected chi connectivity index (χ0v) is 20.1. The highest BCUT2D eigenvalue weighted by Gasteiger charge is 2.64. The first-order valence-electron chi connectivity index (χ1n) is 9.42. The normalized spacial score (nSPS) is 28.9. The first-order valence-corrected chi connectivity index (χ1v) is 12.8. The predicted octanol–water partition coefficient (Wildman–Crippen LogP) is 3.14. The molecule has 3 heterocycles. The van der Waals surface area contributed by atoms with Crippen LogP contribution >= 0.6 is 34.4 Å². The molecule has 1 aromatic rings. The summed E-state index contributed by atoms with van der Waals surface area (Å²) in [5.41, 5.74) is 0.272. The van der Waals surface area contributed by atoms with Gasteiger partial charge in [-0.3, -0.25) is 4.79 Å². The Balaban J connectivity index is 1.36. The molecule has 4 unspecified atom stereocenters. The van der Waals surface area contributed by atoms with E-state index in [0.29, 0.717) is 5.75 Å². The molecule has 1 spiro atoms. The Bertz CT molecular complexity index is 1110. The molecule has 1 aromatic carbocycles. The molecule has 15 heteroatoms. The fourth-order valence-electron chi connectivity index (χ4n) is 3.98. The van der Waals surface area contributed by atoms with Crippen molar-refractivity contribution in [3.63, 3.8) is 0 Å². The Hall–Kier alpha value is -1.33. The zero-order chi connectivity index (χ0) is 24.4. The first kappa shape index (κ1) is 24.8. The van der Waals surface area contributed by atoms with E-state index in [0.717, 1.165) is 3.57 Å². The molecule has 3 aliphatic heterocycles. The van der Waals surface area contributed by atoms with Crippen LogP contribution in [-0.4, -0.2) is 59.0 Å². The molecule has 4 rings (SSSR count). The van der Waals surface area contributed by atoms with Gasteiger partial charge in [-0.05, 0) is 47.2 Å². The van der Waals surface area contributed by atoms with Gasteiger partial charge in [-0.1, -0.05) is 0 Å². The lowest BCUT2D eigenvalue weighted by molar-refractivity contribution is -0.180. The standard InChI is InChI=1S/C18H15F4IO8S2/c19-17(20,18(21,22)33(26,27)28)3-4-29-14(24)10-6-13-16(7-12(10)32-13)30-11-2-1-8(23)5-9(11)15(25)31-16/h1-2,5,10,12-13H,3-4,6-7H2,(H,26,27,28)/p-1. The molecule has 33 heavy (non-hydrogen) atoms. The van der Waals surface area contributed by atoms with Gasteiger partial charge in [-0.15, -0.1) is 11.8 Å². The fraction of sp³-hybridized carbons (Fsp3) is 0.556. The Morgan fingerprint density at radius 2 is 2.00 bits per heavy atom. The molecule has 0 saturated carbocycles. The molecule has 0 aliphatic carbocycles. The highest BCUT2D eigenvalue weighted by Crippen LogP contribution is 2.58. The summed E-state index contributed by atoms with van der Waals surface area (Å²) in [4.78, 5) is 24.8. The van der Waals surface area contributed by atoms with Gasteiger partial charge in [0, 0.05) is 15.2 Å². The maximum atomic E-state index is 13.5. The third-order valence-electron chi connectivity index (χ3n) is 5.64. The van der Waals surface area contributed by atoms with Crippen molar-refractivity contribution in [2.45, 2.75) is 46.7 Å². The second kappa shape index (κ2) is 8.12. The molecule has 0 aromatic heterocycles. The lowest BCUT2D eigenvalue weighted by Crippen LogP contribution is -2.53. The third-order valence-corrected chi connectivity index (χ3v) is 8.97. The minimum Gasteiger partial charge on any atom is -0.743 e. The third kappa shape index (κ3) is 4.18. The fourth-order valence-corrected chi connectivity index (χ4v) is 6.82. The number of alkyl halides is 4. The van der Waals surface area contributed by atoms with Crippen LogP contribution in [0.5, 0.6) is 5.75 Å². The average Bonchev–Trinajstić information content (AvgIpc) is 3.25. The first-order chi connectivity index (χ1) is 15.2. The van der Waals surface area contributed by atoms with Gasteiger partial charge in [-0.25, -0.2) is 13.2 Å². The van der Waals surface area contributed by atoms with Crippen LogP contribution in [0.4, 0.5) is 17.6 Å². The number of esters is 2. The van der Waals surface area contributed by atoms with Crippen molar-refractivity contribution in [3.8, 4) is 5.75 Å². The molecule has 182 valence electrons. The second-order valence-electron chi connectivity index (χ2n) is 7.75. The van der Waals surface area contributed by atoms with Crippen LogP contribution in [0.15, 0.2) is 18.2 Å². The molecule has 4 atom stereocenters. The highest BCUT2D eigenvalue weighted by molar-refractivity contribution is 14.1. The maximum Gasteiger partial charge on any atom is 0.396 e. The van der Waals surface area contributed by atoms with Crippen molar-refractivity contribution in [2.75, 3.05) is 6.61 Å². The lowest BCUT2D eigenvalue weighted by atomic mass is 9.84. The summed E-state index contributed by atoms with van der Waals surface area (Å²) < 4.78 is 102. The van der Waals surface area contributed by atoms with Gasteiger partial charge in [0.1, 0.15) is 11.3 Å². The zero-order valence-electron chi connectivity index (χ0n) is 16.3. The van der Waals surface area contributed by atoms with Crippen molar-refractivity contribution in [1.82, 2.24) is 0 Å². The molecule has 8 nitrogen and oxygen atoms in total. The maximum absolute atomic E-state index is 13.5. The van der Waals surface area contributed by atoms with E-state index in [1.165, 1.54) is 11.8 Å². The van der Waals surface area contributed by atoms with Crippen LogP contribution in [0.3, 0.4) is 0 Å². The number of rotatable bonds is 6. The summed E-state index contributed by atoms with van der Waals surface area (Å²) in [6, 6.07) is 5.01. The van der Waals surface area contributed by atoms with E-state index in [2.05, 4.69) is 4.74 Å². The number of benzene rings is 1. The number of carbonyl (C=O) groups excluding carboxylic acids is 2. The van der Waals surface area contributed by atoms with Gasteiger partial charge >= 0.3 is 23.1 Å². The van der Waals surface area contributed by atoms with Gasteiger partial charge in [0.15, 0.2) is 10.1 Å². The summed E-state index contributed by atoms with van der Waals surface area (Å²) in [5, 5.41) is -6.73. The number of carbonyl (C=O) groups is 2. The van der Waals surface area contributed by atoms with Gasteiger partial charge in [0.05, 0.1) is 24.2 Å². The smallest absolute Gasteiger partial charge is 0.396 e. The molecule has 2 fully saturated rings. The number of thioether (sulfide) groups is 1. The Kier molecular flexibility index (Phi) is 6.10. The van der Waals surface area contributed by atoms with Crippen LogP contribution in [0, 0.1) is 9.49 Å². The largest absolute Gasteiger partial charge is 0.743 e. The van der Waals surface area contributed by atoms with Crippen LogP contribution in [0.2, 0.25) is 0 Å². The van der Waals surface area contributed by atoms with Gasteiger partial charge in [0.2, 0.25) is 0 Å². The molecule has 2 saturated heterocycles. The molecule has 0 N–H and O–H groups in total. The molecule has 0 amide bonds. The van der Waals surface area contributed by atoms with E-state index in [9.17, 15) is 40.1 Å². The number of fused-ring (bicyclic) bond motifs is 4. The van der Waals surface area contributed by atoms with Crippen molar-refractivity contribution in [1.29, 1.82) is 0 Å². The number of hydrogen-bond donors (Lipinski definition) is 0. The quantitative estimate of drug-likeness (QED) is 0.203. The minimum atomic E-state index is -6.61. The van der Waals surface area contributed by atoms with E-state index < -0.39 is 68.5 Å². The Labute approximate surface area is 202 Å². The summed E-state index contributed by atoms with van der Waals surface area (Å²) >= 11 is 3.34. The Morgan fingerprint density at radius 3 is 2.61 bits per heavy atom. The van der Waals surface area contributed by atoms with Gasteiger partial charge in [-0.2, -0.15) is 17.6 Å². The van der Waals surface area contributed by atoms with E-state index >= 15 is 0 Å². The molecular formula is C18H14F4IO8S2-. The van der Waals surface area contributed by atoms with Crippen molar-refractivity contribution in [3.05, 3.63) is 27.3 Å². The van der Waals surface area contributed by atoms with Crippen molar-refractivity contribution in [2.24, 2.45) is 5.92 Å². The minimum absolute atomic E-state index is 0.127. The van der Waals surface area contributed by atoms with Crippen molar-refractivity contribution >= 4 is 56.4 Å². The summed E-state index contributed by atoms with van der Waals surface area (Å²) in [6.45, 7) is -1.21. The number of hydrogen-bond acceptors (Lipinski definition) is 9. The summed E-state index contributed by atoms with van der Waals surface area (Å²) in [6.07, 6.45) is -1.59. The second-order valence-corrected chi connectivity index (χ2v) is 11.9. The summed E-state index contributed by atoms with van der Waals surface area (Å²) in [5.74, 6) is -8.46. The predicted molar refractivity (Wildman–Crippen MR) is 111 cm³/mol. The molecule has 0 radical (unpaired) electrons. The summed E-state index contributed by atoms with van der Waals surface area (Å²) in [7, 11) is -6.61. The van der Waals surface area contributed by atoms with Gasteiger partial charge < -0.3 is 18.8 Å². The van der Waals surface area contributed by atoms with E-state index in [-0.39, 0.29) is 18.4 Å². The molecular weight excluding hydrogens is 611 g/mol. The average molecular weight is 625 g/mol. The van der Waals surface area contributed by atoms with E-state index in [1.807, 2.05) is 22.6 Å². The molecule has 3 aliphatic rings. The van der Waals surface area contributed by atoms with Crippen LogP contribution in [0.25, 0.3) is 0 Å². The number of ether oxygens (including phenoxy) is 3. The Morgan fingerprint density at radius 1 is 1.30 bits per heavy atom. The number of halogens is 5. The lowest BCUT2D eigenvalue weighted by Gasteiger charge is -2.40. The van der Waals surface area contributed by atoms with E-state index in [4.69, 9.17) is 9.47 Å². The SMILES string of the molecule is O=C1OC2(CC3SC2CC3C(=O)OCCC(F)(F)C(F)(F)S(=O)(=O)[O-])Oc2ccc(I)cc21. The monoisotopic (exact) mass is 625 g/mol.